The maximum Gasteiger partial charge on any atom is 0.273 e. The lowest BCUT2D eigenvalue weighted by molar-refractivity contribution is -0.128. The van der Waals surface area contributed by atoms with Crippen molar-refractivity contribution in [2.45, 2.75) is 115 Å². The zero-order chi connectivity index (χ0) is 17.7. The molecule has 0 rings (SSSR count). The standard InChI is InChI=1S/C18H37F2NO2/c1-3-4-5-6-7-8-9-10-11-12-13-18(19,20)17(23)14-16(22)15(2)21/h15-17,22-23H,3-14,21H2,1-2H3/t15-,16-,17+/m0/s1. The number of aliphatic hydroxyl groups excluding tert-OH is 2. The van der Waals surface area contributed by atoms with Gasteiger partial charge in [0.05, 0.1) is 6.10 Å². The van der Waals surface area contributed by atoms with Gasteiger partial charge in [0.15, 0.2) is 0 Å². The van der Waals surface area contributed by atoms with E-state index in [2.05, 4.69) is 6.92 Å². The number of hydrogen-bond donors (Lipinski definition) is 3. The molecule has 0 heterocycles. The van der Waals surface area contributed by atoms with E-state index in [0.717, 1.165) is 19.3 Å². The second kappa shape index (κ2) is 13.1. The molecule has 0 aromatic heterocycles. The number of aliphatic hydroxyl groups is 2. The first-order valence-electron chi connectivity index (χ1n) is 9.30. The summed E-state index contributed by atoms with van der Waals surface area (Å²) in [5.74, 6) is -3.14. The summed E-state index contributed by atoms with van der Waals surface area (Å²) >= 11 is 0. The molecule has 0 radical (unpaired) electrons. The summed E-state index contributed by atoms with van der Waals surface area (Å²) in [6, 6.07) is -0.613. The highest BCUT2D eigenvalue weighted by Gasteiger charge is 2.38. The van der Waals surface area contributed by atoms with Gasteiger partial charge in [-0.25, -0.2) is 8.78 Å². The summed E-state index contributed by atoms with van der Waals surface area (Å²) < 4.78 is 27.6. The minimum Gasteiger partial charge on any atom is -0.391 e. The van der Waals surface area contributed by atoms with E-state index in [0.29, 0.717) is 6.42 Å². The van der Waals surface area contributed by atoms with E-state index in [1.807, 2.05) is 0 Å². The van der Waals surface area contributed by atoms with Gasteiger partial charge in [-0.15, -0.1) is 0 Å². The third kappa shape index (κ3) is 11.8. The quantitative estimate of drug-likeness (QED) is 0.388. The molecule has 3 atom stereocenters. The lowest BCUT2D eigenvalue weighted by atomic mass is 9.97. The molecular weight excluding hydrogens is 300 g/mol. The summed E-state index contributed by atoms with van der Waals surface area (Å²) in [4.78, 5) is 0. The smallest absolute Gasteiger partial charge is 0.273 e. The Bertz CT molecular complexity index is 276. The number of halogens is 2. The van der Waals surface area contributed by atoms with Crippen molar-refractivity contribution in [2.24, 2.45) is 5.73 Å². The van der Waals surface area contributed by atoms with Gasteiger partial charge in [-0.3, -0.25) is 0 Å². The largest absolute Gasteiger partial charge is 0.391 e. The molecule has 0 bridgehead atoms. The maximum atomic E-state index is 13.8. The molecule has 140 valence electrons. The van der Waals surface area contributed by atoms with Crippen LogP contribution in [0.15, 0.2) is 0 Å². The zero-order valence-electron chi connectivity index (χ0n) is 14.9. The fraction of sp³-hybridized carbons (Fsp3) is 1.00. The van der Waals surface area contributed by atoms with Crippen molar-refractivity contribution in [3.05, 3.63) is 0 Å². The minimum absolute atomic E-state index is 0.323. The van der Waals surface area contributed by atoms with Crippen LogP contribution in [0.5, 0.6) is 0 Å². The zero-order valence-corrected chi connectivity index (χ0v) is 14.9. The van der Waals surface area contributed by atoms with Crippen LogP contribution in [0.25, 0.3) is 0 Å². The van der Waals surface area contributed by atoms with Crippen molar-refractivity contribution < 1.29 is 19.0 Å². The molecule has 0 spiro atoms. The normalized spacial score (nSPS) is 16.3. The number of alkyl halides is 2. The first-order chi connectivity index (χ1) is 10.8. The number of unbranched alkanes of at least 4 members (excludes halogenated alkanes) is 9. The van der Waals surface area contributed by atoms with Crippen LogP contribution in [0.3, 0.4) is 0 Å². The Hall–Kier alpha value is -0.260. The Morgan fingerprint density at radius 2 is 1.30 bits per heavy atom. The van der Waals surface area contributed by atoms with Gasteiger partial charge in [-0.2, -0.15) is 0 Å². The van der Waals surface area contributed by atoms with Crippen molar-refractivity contribution >= 4 is 0 Å². The first-order valence-corrected chi connectivity index (χ1v) is 9.30. The highest BCUT2D eigenvalue weighted by molar-refractivity contribution is 4.81. The molecule has 0 aliphatic rings. The monoisotopic (exact) mass is 337 g/mol. The molecule has 4 N–H and O–H groups in total. The molecule has 0 amide bonds. The van der Waals surface area contributed by atoms with Crippen LogP contribution in [0.2, 0.25) is 0 Å². The highest BCUT2D eigenvalue weighted by atomic mass is 19.3. The van der Waals surface area contributed by atoms with E-state index >= 15 is 0 Å². The van der Waals surface area contributed by atoms with Crippen LogP contribution in [0.4, 0.5) is 8.78 Å². The van der Waals surface area contributed by atoms with Crippen molar-refractivity contribution in [1.82, 2.24) is 0 Å². The molecule has 0 aliphatic heterocycles. The van der Waals surface area contributed by atoms with E-state index in [9.17, 15) is 19.0 Å². The van der Waals surface area contributed by atoms with Crippen molar-refractivity contribution in [3.63, 3.8) is 0 Å². The topological polar surface area (TPSA) is 66.5 Å². The molecule has 0 saturated heterocycles. The van der Waals surface area contributed by atoms with Crippen LogP contribution in [0, 0.1) is 0 Å². The van der Waals surface area contributed by atoms with E-state index in [-0.39, 0.29) is 12.8 Å². The Labute approximate surface area is 140 Å². The molecule has 0 aromatic carbocycles. The molecule has 0 fully saturated rings. The Balaban J connectivity index is 3.65. The van der Waals surface area contributed by atoms with Crippen LogP contribution >= 0.6 is 0 Å². The van der Waals surface area contributed by atoms with Crippen LogP contribution in [-0.4, -0.2) is 34.4 Å². The summed E-state index contributed by atoms with van der Waals surface area (Å²) in [5, 5.41) is 19.1. The number of nitrogens with two attached hydrogens (primary N) is 1. The molecule has 3 nitrogen and oxygen atoms in total. The molecular formula is C18H37F2NO2. The summed E-state index contributed by atoms with van der Waals surface area (Å²) in [6.45, 7) is 3.74. The lowest BCUT2D eigenvalue weighted by Crippen LogP contribution is -2.41. The maximum absolute atomic E-state index is 13.8. The van der Waals surface area contributed by atoms with Gasteiger partial charge >= 0.3 is 0 Å². The van der Waals surface area contributed by atoms with E-state index in [4.69, 9.17) is 5.73 Å². The van der Waals surface area contributed by atoms with Crippen LogP contribution in [-0.2, 0) is 0 Å². The van der Waals surface area contributed by atoms with E-state index < -0.39 is 24.2 Å². The molecule has 0 aliphatic carbocycles. The number of rotatable bonds is 15. The Kier molecular flexibility index (Phi) is 12.9. The van der Waals surface area contributed by atoms with Gasteiger partial charge < -0.3 is 15.9 Å². The second-order valence-corrected chi connectivity index (χ2v) is 6.87. The average Bonchev–Trinajstić information content (AvgIpc) is 2.48. The number of hydrogen-bond acceptors (Lipinski definition) is 3. The van der Waals surface area contributed by atoms with Crippen molar-refractivity contribution in [3.8, 4) is 0 Å². The molecule has 5 heteroatoms. The third-order valence-corrected chi connectivity index (χ3v) is 4.42. The predicted molar refractivity (Wildman–Crippen MR) is 91.7 cm³/mol. The Morgan fingerprint density at radius 3 is 1.74 bits per heavy atom. The van der Waals surface area contributed by atoms with Crippen LogP contribution < -0.4 is 5.73 Å². The third-order valence-electron chi connectivity index (χ3n) is 4.42. The summed E-state index contributed by atoms with van der Waals surface area (Å²) in [7, 11) is 0. The van der Waals surface area contributed by atoms with Gasteiger partial charge in [-0.1, -0.05) is 64.7 Å². The Morgan fingerprint density at radius 1 is 0.870 bits per heavy atom. The predicted octanol–water partition coefficient (Wildman–Crippen LogP) is 4.39. The molecule has 0 aromatic rings. The van der Waals surface area contributed by atoms with E-state index in [1.54, 1.807) is 0 Å². The lowest BCUT2D eigenvalue weighted by Gasteiger charge is -2.25. The van der Waals surface area contributed by atoms with Gasteiger partial charge in [0.25, 0.3) is 5.92 Å². The molecule has 23 heavy (non-hydrogen) atoms. The second-order valence-electron chi connectivity index (χ2n) is 6.87. The summed E-state index contributed by atoms with van der Waals surface area (Å²) in [5.41, 5.74) is 5.43. The highest BCUT2D eigenvalue weighted by Crippen LogP contribution is 2.29. The van der Waals surface area contributed by atoms with E-state index in [1.165, 1.54) is 45.4 Å². The van der Waals surface area contributed by atoms with Crippen molar-refractivity contribution in [2.75, 3.05) is 0 Å². The average molecular weight is 337 g/mol. The minimum atomic E-state index is -3.14. The SMILES string of the molecule is CCCCCCCCCCCCC(F)(F)[C@H](O)C[C@H](O)[C@H](C)N. The fourth-order valence-electron chi connectivity index (χ4n) is 2.63. The van der Waals surface area contributed by atoms with Gasteiger partial charge in [0, 0.05) is 18.9 Å². The van der Waals surface area contributed by atoms with Crippen LogP contribution in [0.1, 0.15) is 90.9 Å². The van der Waals surface area contributed by atoms with Gasteiger partial charge in [0.2, 0.25) is 0 Å². The first kappa shape index (κ1) is 22.7. The van der Waals surface area contributed by atoms with Gasteiger partial charge in [-0.05, 0) is 13.3 Å². The summed E-state index contributed by atoms with van der Waals surface area (Å²) in [6.07, 6.45) is 7.20. The van der Waals surface area contributed by atoms with Crippen molar-refractivity contribution in [1.29, 1.82) is 0 Å². The van der Waals surface area contributed by atoms with Gasteiger partial charge in [0.1, 0.15) is 6.10 Å². The fourth-order valence-corrected chi connectivity index (χ4v) is 2.63. The molecule has 0 unspecified atom stereocenters. The molecule has 0 saturated carbocycles.